The van der Waals surface area contributed by atoms with Crippen molar-refractivity contribution in [3.8, 4) is 0 Å². The molecule has 0 rings (SSSR count). The third-order valence-electron chi connectivity index (χ3n) is 0.374. The average molecular weight is 102 g/mol. The highest BCUT2D eigenvalue weighted by molar-refractivity contribution is 7.80. The Morgan fingerprint density at radius 3 is 2.50 bits per heavy atom. The highest BCUT2D eigenvalue weighted by Gasteiger charge is 1.73. The maximum atomic E-state index is 4.64. The van der Waals surface area contributed by atoms with Gasteiger partial charge in [0.25, 0.3) is 0 Å². The van der Waals surface area contributed by atoms with Crippen molar-refractivity contribution in [3.63, 3.8) is 0 Å². The molecule has 0 aliphatic heterocycles. The van der Waals surface area contributed by atoms with Crippen LogP contribution in [0.2, 0.25) is 0 Å². The molecule has 1 N–H and O–H groups in total. The van der Waals surface area contributed by atoms with E-state index in [4.69, 9.17) is 0 Å². The van der Waals surface area contributed by atoms with E-state index in [0.29, 0.717) is 6.54 Å². The Hall–Kier alpha value is -0.110. The summed E-state index contributed by atoms with van der Waals surface area (Å²) in [7, 11) is 0. The fourth-order valence-electron chi connectivity index (χ4n) is 0.176. The van der Waals surface area contributed by atoms with Crippen molar-refractivity contribution in [1.29, 1.82) is 0 Å². The van der Waals surface area contributed by atoms with Crippen LogP contribution < -0.4 is 5.32 Å². The van der Waals surface area contributed by atoms with Gasteiger partial charge in [0.15, 0.2) is 0 Å². The van der Waals surface area contributed by atoms with Gasteiger partial charge >= 0.3 is 0 Å². The fourth-order valence-corrected chi connectivity index (χ4v) is 0.278. The van der Waals surface area contributed by atoms with Crippen LogP contribution in [0.4, 0.5) is 0 Å². The molecule has 1 nitrogen and oxygen atoms in total. The summed E-state index contributed by atoms with van der Waals surface area (Å²) in [5, 5.41) is 2.83. The van der Waals surface area contributed by atoms with Crippen molar-refractivity contribution in [2.75, 3.05) is 6.54 Å². The smallest absolute Gasteiger partial charge is 0.0721 e. The van der Waals surface area contributed by atoms with E-state index in [2.05, 4.69) is 24.5 Å². The molecular formula is C4H8NS. The van der Waals surface area contributed by atoms with Crippen LogP contribution >= 0.6 is 12.2 Å². The summed E-state index contributed by atoms with van der Waals surface area (Å²) in [6, 6.07) is 0. The van der Waals surface area contributed by atoms with Gasteiger partial charge in [0.05, 0.1) is 4.99 Å². The third-order valence-corrected chi connectivity index (χ3v) is 0.518. The van der Waals surface area contributed by atoms with E-state index in [0.717, 1.165) is 4.99 Å². The van der Waals surface area contributed by atoms with Crippen LogP contribution in [0.25, 0.3) is 0 Å². The predicted octanol–water partition coefficient (Wildman–Crippen LogP) is 0.757. The summed E-state index contributed by atoms with van der Waals surface area (Å²) in [5.41, 5.74) is 0. The molecule has 0 saturated heterocycles. The van der Waals surface area contributed by atoms with Crippen LogP contribution in [0.5, 0.6) is 0 Å². The maximum absolute atomic E-state index is 4.64. The van der Waals surface area contributed by atoms with Gasteiger partial charge in [-0.1, -0.05) is 12.2 Å². The van der Waals surface area contributed by atoms with Crippen LogP contribution in [-0.2, 0) is 0 Å². The lowest BCUT2D eigenvalue weighted by molar-refractivity contribution is 1.05. The van der Waals surface area contributed by atoms with Gasteiger partial charge in [-0.25, -0.2) is 0 Å². The first-order valence-electron chi connectivity index (χ1n) is 1.81. The Morgan fingerprint density at radius 2 is 2.50 bits per heavy atom. The second-order valence-electron chi connectivity index (χ2n) is 0.983. The predicted molar refractivity (Wildman–Crippen MR) is 31.6 cm³/mol. The zero-order valence-electron chi connectivity index (χ0n) is 3.82. The lowest BCUT2D eigenvalue weighted by atomic mass is 10.7. The number of thiocarbonyl (C=S) groups is 1. The highest BCUT2D eigenvalue weighted by atomic mass is 32.1. The molecule has 0 aromatic carbocycles. The molecule has 0 spiro atoms. The van der Waals surface area contributed by atoms with Gasteiger partial charge in [-0.15, -0.1) is 0 Å². The largest absolute Gasteiger partial charge is 0.380 e. The van der Waals surface area contributed by atoms with Crippen molar-refractivity contribution in [1.82, 2.24) is 5.32 Å². The topological polar surface area (TPSA) is 12.0 Å². The van der Waals surface area contributed by atoms with Gasteiger partial charge in [-0.05, 0) is 13.8 Å². The molecule has 0 bridgehead atoms. The Morgan fingerprint density at radius 1 is 2.00 bits per heavy atom. The van der Waals surface area contributed by atoms with Crippen molar-refractivity contribution >= 4 is 17.2 Å². The molecular weight excluding hydrogens is 94.1 g/mol. The van der Waals surface area contributed by atoms with Crippen molar-refractivity contribution in [2.45, 2.75) is 6.92 Å². The number of nitrogens with one attached hydrogen (secondary N) is 1. The highest BCUT2D eigenvalue weighted by Crippen LogP contribution is 1.61. The standard InChI is InChI=1S/C4H8NS/c1-3-5-4(2)6/h1,3H2,2H3,(H,5,6). The number of hydrogen-bond donors (Lipinski definition) is 1. The van der Waals surface area contributed by atoms with Gasteiger partial charge in [-0.2, -0.15) is 0 Å². The summed E-state index contributed by atoms with van der Waals surface area (Å²) in [5.74, 6) is 0. The lowest BCUT2D eigenvalue weighted by Gasteiger charge is -1.92. The molecule has 35 valence electrons. The van der Waals surface area contributed by atoms with Gasteiger partial charge in [0.2, 0.25) is 0 Å². The molecule has 0 fully saturated rings. The fraction of sp³-hybridized carbons (Fsp3) is 0.500. The molecule has 0 aromatic rings. The molecule has 1 radical (unpaired) electrons. The minimum absolute atomic E-state index is 0.690. The molecule has 0 aliphatic rings. The monoisotopic (exact) mass is 102 g/mol. The molecule has 0 saturated carbocycles. The van der Waals surface area contributed by atoms with Gasteiger partial charge in [0.1, 0.15) is 0 Å². The molecule has 0 unspecified atom stereocenters. The summed E-state index contributed by atoms with van der Waals surface area (Å²) >= 11 is 4.64. The first-order chi connectivity index (χ1) is 2.77. The first kappa shape index (κ1) is 5.89. The zero-order valence-corrected chi connectivity index (χ0v) is 4.64. The van der Waals surface area contributed by atoms with Gasteiger partial charge in [-0.3, -0.25) is 0 Å². The second-order valence-corrected chi connectivity index (χ2v) is 1.60. The third kappa shape index (κ3) is 3.89. The lowest BCUT2D eigenvalue weighted by Crippen LogP contribution is -2.16. The number of rotatable bonds is 1. The maximum Gasteiger partial charge on any atom is 0.0721 e. The zero-order chi connectivity index (χ0) is 4.99. The molecule has 0 atom stereocenters. The van der Waals surface area contributed by atoms with Crippen molar-refractivity contribution < 1.29 is 0 Å². The molecule has 0 aromatic heterocycles. The summed E-state index contributed by atoms with van der Waals surface area (Å²) in [6.07, 6.45) is 0. The Balaban J connectivity index is 2.83. The second kappa shape index (κ2) is 3.09. The molecule has 0 heterocycles. The summed E-state index contributed by atoms with van der Waals surface area (Å²) < 4.78 is 0. The van der Waals surface area contributed by atoms with E-state index in [1.807, 2.05) is 6.92 Å². The van der Waals surface area contributed by atoms with Crippen molar-refractivity contribution in [3.05, 3.63) is 6.92 Å². The Kier molecular flexibility index (Phi) is 3.04. The summed E-state index contributed by atoms with van der Waals surface area (Å²) in [4.78, 5) is 0.810. The van der Waals surface area contributed by atoms with E-state index in [-0.39, 0.29) is 0 Å². The minimum Gasteiger partial charge on any atom is -0.380 e. The van der Waals surface area contributed by atoms with Crippen LogP contribution in [0.15, 0.2) is 0 Å². The Labute approximate surface area is 43.7 Å². The molecule has 0 amide bonds. The van der Waals surface area contributed by atoms with Gasteiger partial charge < -0.3 is 5.32 Å². The van der Waals surface area contributed by atoms with E-state index >= 15 is 0 Å². The average Bonchev–Trinajstić information content (AvgIpc) is 1.35. The van der Waals surface area contributed by atoms with E-state index in [1.165, 1.54) is 0 Å². The van der Waals surface area contributed by atoms with E-state index in [1.54, 1.807) is 0 Å². The van der Waals surface area contributed by atoms with E-state index in [9.17, 15) is 0 Å². The molecule has 2 heteroatoms. The van der Waals surface area contributed by atoms with Crippen molar-refractivity contribution in [2.24, 2.45) is 0 Å². The van der Waals surface area contributed by atoms with E-state index < -0.39 is 0 Å². The SMILES string of the molecule is [CH2]CNC(C)=S. The Bertz CT molecular complexity index is 51.5. The van der Waals surface area contributed by atoms with Crippen LogP contribution in [0.3, 0.4) is 0 Å². The van der Waals surface area contributed by atoms with Crippen LogP contribution in [-0.4, -0.2) is 11.5 Å². The molecule has 6 heavy (non-hydrogen) atoms. The minimum atomic E-state index is 0.690. The quantitative estimate of drug-likeness (QED) is 0.490. The summed E-state index contributed by atoms with van der Waals surface area (Å²) in [6.45, 7) is 6.05. The normalized spacial score (nSPS) is 7.67. The number of hydrogen-bond acceptors (Lipinski definition) is 1. The first-order valence-corrected chi connectivity index (χ1v) is 2.22. The van der Waals surface area contributed by atoms with Gasteiger partial charge in [0, 0.05) is 6.54 Å². The molecule has 0 aliphatic carbocycles. The van der Waals surface area contributed by atoms with Crippen LogP contribution in [0.1, 0.15) is 6.92 Å². The van der Waals surface area contributed by atoms with Crippen LogP contribution in [0, 0.1) is 6.92 Å².